The Labute approximate surface area is 126 Å². The molecule has 1 amide bonds. The minimum atomic E-state index is -0.303. The number of carbonyl (C=O) groups is 2. The summed E-state index contributed by atoms with van der Waals surface area (Å²) in [5, 5.41) is 6.12. The molecule has 116 valence electrons. The molecule has 0 aliphatic heterocycles. The summed E-state index contributed by atoms with van der Waals surface area (Å²) in [7, 11) is 0. The van der Waals surface area contributed by atoms with Gasteiger partial charge < -0.3 is 15.4 Å². The molecule has 5 heteroatoms. The summed E-state index contributed by atoms with van der Waals surface area (Å²) in [6, 6.07) is 7.72. The number of nitrogens with one attached hydrogen (secondary N) is 2. The minimum absolute atomic E-state index is 0.00768. The van der Waals surface area contributed by atoms with E-state index in [2.05, 4.69) is 24.5 Å². The van der Waals surface area contributed by atoms with Crippen LogP contribution in [-0.4, -0.2) is 24.5 Å². The Hall–Kier alpha value is -1.88. The first-order valence-electron chi connectivity index (χ1n) is 7.23. The van der Waals surface area contributed by atoms with E-state index in [1.807, 2.05) is 24.3 Å². The number of benzene rings is 1. The zero-order valence-electron chi connectivity index (χ0n) is 12.9. The Morgan fingerprint density at radius 1 is 1.19 bits per heavy atom. The van der Waals surface area contributed by atoms with Gasteiger partial charge in [0.1, 0.15) is 6.61 Å². The second kappa shape index (κ2) is 9.13. The summed E-state index contributed by atoms with van der Waals surface area (Å²) >= 11 is 0. The monoisotopic (exact) mass is 292 g/mol. The highest BCUT2D eigenvalue weighted by atomic mass is 16.5. The van der Waals surface area contributed by atoms with Crippen molar-refractivity contribution in [1.82, 2.24) is 5.32 Å². The fourth-order valence-corrected chi connectivity index (χ4v) is 1.73. The highest BCUT2D eigenvalue weighted by Gasteiger charge is 2.03. The number of ether oxygens (including phenoxy) is 1. The van der Waals surface area contributed by atoms with E-state index < -0.39 is 0 Å². The van der Waals surface area contributed by atoms with Crippen LogP contribution in [0.15, 0.2) is 24.3 Å². The first-order chi connectivity index (χ1) is 9.97. The lowest BCUT2D eigenvalue weighted by molar-refractivity contribution is -0.142. The Morgan fingerprint density at radius 2 is 1.86 bits per heavy atom. The molecule has 0 fully saturated rings. The number of anilines is 1. The number of hydrogen-bond acceptors (Lipinski definition) is 4. The van der Waals surface area contributed by atoms with Crippen LogP contribution >= 0.6 is 0 Å². The standard InChI is InChI=1S/C16H24N2O3/c1-12(2)17-10-4-5-16(20)18-15-8-6-14(7-9-15)11-21-13(3)19/h6-9,12,17H,4-5,10-11H2,1-3H3,(H,18,20). The van der Waals surface area contributed by atoms with Gasteiger partial charge >= 0.3 is 5.97 Å². The van der Waals surface area contributed by atoms with Crippen LogP contribution < -0.4 is 10.6 Å². The third kappa shape index (κ3) is 8.09. The fraction of sp³-hybridized carbons (Fsp3) is 0.500. The van der Waals surface area contributed by atoms with Crippen molar-refractivity contribution in [3.8, 4) is 0 Å². The van der Waals surface area contributed by atoms with Crippen molar-refractivity contribution in [2.24, 2.45) is 0 Å². The molecule has 1 aromatic carbocycles. The quantitative estimate of drug-likeness (QED) is 0.570. The summed E-state index contributed by atoms with van der Waals surface area (Å²) < 4.78 is 4.90. The predicted octanol–water partition coefficient (Wildman–Crippen LogP) is 2.47. The smallest absolute Gasteiger partial charge is 0.302 e. The first kappa shape index (κ1) is 17.2. The van der Waals surface area contributed by atoms with Crippen molar-refractivity contribution in [3.63, 3.8) is 0 Å². The molecule has 0 bridgehead atoms. The number of rotatable bonds is 8. The Bertz CT molecular complexity index is 455. The van der Waals surface area contributed by atoms with Crippen LogP contribution in [0, 0.1) is 0 Å². The largest absolute Gasteiger partial charge is 0.461 e. The summed E-state index contributed by atoms with van der Waals surface area (Å²) in [5.41, 5.74) is 1.65. The molecule has 0 aromatic heterocycles. The van der Waals surface area contributed by atoms with Crippen molar-refractivity contribution in [1.29, 1.82) is 0 Å². The summed E-state index contributed by atoms with van der Waals surface area (Å²) in [6.45, 7) is 6.63. The van der Waals surface area contributed by atoms with E-state index in [1.165, 1.54) is 6.92 Å². The number of amides is 1. The van der Waals surface area contributed by atoms with Gasteiger partial charge in [-0.25, -0.2) is 0 Å². The topological polar surface area (TPSA) is 67.4 Å². The molecule has 5 nitrogen and oxygen atoms in total. The van der Waals surface area contributed by atoms with Gasteiger partial charge in [-0.1, -0.05) is 26.0 Å². The van der Waals surface area contributed by atoms with Crippen LogP contribution in [0.2, 0.25) is 0 Å². The number of carbonyl (C=O) groups excluding carboxylic acids is 2. The van der Waals surface area contributed by atoms with Gasteiger partial charge in [0.25, 0.3) is 0 Å². The molecule has 1 rings (SSSR count). The normalized spacial score (nSPS) is 10.5. The van der Waals surface area contributed by atoms with Crippen molar-refractivity contribution >= 4 is 17.6 Å². The highest BCUT2D eigenvalue weighted by molar-refractivity contribution is 5.90. The molecule has 2 N–H and O–H groups in total. The summed E-state index contributed by atoms with van der Waals surface area (Å²) in [4.78, 5) is 22.5. The summed E-state index contributed by atoms with van der Waals surface area (Å²) in [6.07, 6.45) is 1.31. The zero-order chi connectivity index (χ0) is 15.7. The second-order valence-electron chi connectivity index (χ2n) is 5.24. The Kier molecular flexibility index (Phi) is 7.46. The lowest BCUT2D eigenvalue weighted by Gasteiger charge is -2.09. The van der Waals surface area contributed by atoms with E-state index in [0.717, 1.165) is 24.2 Å². The van der Waals surface area contributed by atoms with Gasteiger partial charge in [0.15, 0.2) is 0 Å². The van der Waals surface area contributed by atoms with E-state index in [-0.39, 0.29) is 18.5 Å². The number of hydrogen-bond donors (Lipinski definition) is 2. The molecule has 0 unspecified atom stereocenters. The predicted molar refractivity (Wildman–Crippen MR) is 82.9 cm³/mol. The van der Waals surface area contributed by atoms with Crippen molar-refractivity contribution in [2.75, 3.05) is 11.9 Å². The van der Waals surface area contributed by atoms with Crippen LogP contribution in [0.1, 0.15) is 39.2 Å². The van der Waals surface area contributed by atoms with Crippen LogP contribution in [-0.2, 0) is 20.9 Å². The van der Waals surface area contributed by atoms with Crippen LogP contribution in [0.4, 0.5) is 5.69 Å². The molecule has 1 aromatic rings. The molecular weight excluding hydrogens is 268 g/mol. The molecule has 0 atom stereocenters. The SMILES string of the molecule is CC(=O)OCc1ccc(NC(=O)CCCNC(C)C)cc1. The molecule has 0 aliphatic carbocycles. The molecule has 0 heterocycles. The molecule has 0 saturated carbocycles. The maximum atomic E-state index is 11.7. The van der Waals surface area contributed by atoms with Gasteiger partial charge in [-0.2, -0.15) is 0 Å². The summed E-state index contributed by atoms with van der Waals surface area (Å²) in [5.74, 6) is -0.296. The second-order valence-corrected chi connectivity index (χ2v) is 5.24. The van der Waals surface area contributed by atoms with Gasteiger partial charge in [-0.05, 0) is 30.7 Å². The van der Waals surface area contributed by atoms with Gasteiger partial charge in [-0.3, -0.25) is 9.59 Å². The van der Waals surface area contributed by atoms with Gasteiger partial charge in [0, 0.05) is 25.1 Å². The molecule has 0 spiro atoms. The lowest BCUT2D eigenvalue weighted by Crippen LogP contribution is -2.24. The lowest BCUT2D eigenvalue weighted by atomic mass is 10.2. The van der Waals surface area contributed by atoms with E-state index in [4.69, 9.17) is 4.74 Å². The van der Waals surface area contributed by atoms with Crippen molar-refractivity contribution < 1.29 is 14.3 Å². The van der Waals surface area contributed by atoms with Crippen LogP contribution in [0.3, 0.4) is 0 Å². The van der Waals surface area contributed by atoms with Crippen molar-refractivity contribution in [3.05, 3.63) is 29.8 Å². The van der Waals surface area contributed by atoms with E-state index >= 15 is 0 Å². The molecule has 21 heavy (non-hydrogen) atoms. The Morgan fingerprint density at radius 3 is 2.43 bits per heavy atom. The third-order valence-electron chi connectivity index (χ3n) is 2.81. The van der Waals surface area contributed by atoms with Gasteiger partial charge in [0.2, 0.25) is 5.91 Å². The van der Waals surface area contributed by atoms with E-state index in [1.54, 1.807) is 0 Å². The first-order valence-corrected chi connectivity index (χ1v) is 7.23. The molecule has 0 aliphatic rings. The molecule has 0 saturated heterocycles. The third-order valence-corrected chi connectivity index (χ3v) is 2.81. The van der Waals surface area contributed by atoms with Gasteiger partial charge in [0.05, 0.1) is 0 Å². The maximum absolute atomic E-state index is 11.7. The minimum Gasteiger partial charge on any atom is -0.461 e. The van der Waals surface area contributed by atoms with E-state index in [9.17, 15) is 9.59 Å². The van der Waals surface area contributed by atoms with Crippen molar-refractivity contribution in [2.45, 2.75) is 46.3 Å². The average molecular weight is 292 g/mol. The Balaban J connectivity index is 2.30. The molecular formula is C16H24N2O3. The van der Waals surface area contributed by atoms with E-state index in [0.29, 0.717) is 12.5 Å². The maximum Gasteiger partial charge on any atom is 0.302 e. The van der Waals surface area contributed by atoms with Crippen LogP contribution in [0.5, 0.6) is 0 Å². The zero-order valence-corrected chi connectivity index (χ0v) is 12.9. The fourth-order valence-electron chi connectivity index (χ4n) is 1.73. The molecule has 0 radical (unpaired) electrons. The average Bonchev–Trinajstić information content (AvgIpc) is 2.42. The highest BCUT2D eigenvalue weighted by Crippen LogP contribution is 2.11. The van der Waals surface area contributed by atoms with Gasteiger partial charge in [-0.15, -0.1) is 0 Å². The van der Waals surface area contributed by atoms with Crippen LogP contribution in [0.25, 0.3) is 0 Å². The number of esters is 1.